The lowest BCUT2D eigenvalue weighted by Gasteiger charge is -2.42. The van der Waals surface area contributed by atoms with Crippen LogP contribution in [0.2, 0.25) is 0 Å². The van der Waals surface area contributed by atoms with Crippen LogP contribution in [0.4, 0.5) is 11.4 Å². The van der Waals surface area contributed by atoms with Gasteiger partial charge in [0.2, 0.25) is 0 Å². The minimum absolute atomic E-state index is 0.120. The summed E-state index contributed by atoms with van der Waals surface area (Å²) in [6, 6.07) is 53.0. The van der Waals surface area contributed by atoms with Gasteiger partial charge in [0.05, 0.1) is 16.7 Å². The number of aryl methyl sites for hydroxylation is 1. The molecule has 5 heteroatoms. The molecule has 11 aromatic rings. The van der Waals surface area contributed by atoms with Gasteiger partial charge in [-0.05, 0) is 82.2 Å². The van der Waals surface area contributed by atoms with E-state index < -0.39 is 0 Å². The van der Waals surface area contributed by atoms with Crippen molar-refractivity contribution >= 4 is 106 Å². The smallest absolute Gasteiger partial charge is 0.333 e. The van der Waals surface area contributed by atoms with Gasteiger partial charge in [0.25, 0.3) is 0 Å². The molecule has 0 aliphatic carbocycles. The number of furan rings is 2. The molecule has 13 rings (SSSR count). The number of anilines is 2. The Bertz CT molecular complexity index is 3400. The largest absolute Gasteiger partial charge is 0.455 e. The van der Waals surface area contributed by atoms with Crippen molar-refractivity contribution in [1.29, 1.82) is 0 Å². The first-order valence-electron chi connectivity index (χ1n) is 18.0. The highest BCUT2D eigenvalue weighted by Crippen LogP contribution is 2.50. The Kier molecular flexibility index (Phi) is 4.86. The summed E-state index contributed by atoms with van der Waals surface area (Å²) >= 11 is 0. The van der Waals surface area contributed by atoms with E-state index in [1.54, 1.807) is 0 Å². The first-order valence-corrected chi connectivity index (χ1v) is 18.0. The van der Waals surface area contributed by atoms with Crippen LogP contribution < -0.4 is 15.7 Å². The molecule has 0 fully saturated rings. The third-order valence-corrected chi connectivity index (χ3v) is 11.8. The number of nitrogens with zero attached hydrogens (tertiary/aromatic N) is 2. The Labute approximate surface area is 297 Å². The molecule has 0 amide bonds. The van der Waals surface area contributed by atoms with Crippen LogP contribution in [0.1, 0.15) is 5.56 Å². The summed E-state index contributed by atoms with van der Waals surface area (Å²) < 4.78 is 16.2. The topological polar surface area (TPSA) is 34.5 Å². The van der Waals surface area contributed by atoms with Crippen molar-refractivity contribution in [2.75, 3.05) is 4.81 Å². The highest BCUT2D eigenvalue weighted by Gasteiger charge is 2.45. The standard InChI is InChI=1S/C47H27BN2O2/c1-26-24-34-43-37(23-21-32-30-13-5-7-19-41(30)52-47(32)43)50(38-17-9-14-31-29-12-4-6-18-40(29)51-46(31)38)48-35-16-8-15-33-42-28-11-3-2-10-27(28)20-22-36(42)49(45(33)35)39(25-26)44(34)48/h2-25H,1H3. The van der Waals surface area contributed by atoms with Crippen LogP contribution in [0.3, 0.4) is 0 Å². The van der Waals surface area contributed by atoms with Crippen molar-refractivity contribution in [2.45, 2.75) is 6.92 Å². The Balaban J connectivity index is 1.25. The van der Waals surface area contributed by atoms with Gasteiger partial charge in [0.15, 0.2) is 5.58 Å². The summed E-state index contributed by atoms with van der Waals surface area (Å²) in [4.78, 5) is 2.54. The molecule has 0 saturated heterocycles. The van der Waals surface area contributed by atoms with Crippen LogP contribution in [0.25, 0.3) is 93.3 Å². The van der Waals surface area contributed by atoms with Gasteiger partial charge >= 0.3 is 6.85 Å². The summed E-state index contributed by atoms with van der Waals surface area (Å²) in [5, 5.41) is 9.60. The Morgan fingerprint density at radius 2 is 1.21 bits per heavy atom. The van der Waals surface area contributed by atoms with E-state index in [0.717, 1.165) is 60.8 Å². The first kappa shape index (κ1) is 27.1. The molecule has 52 heavy (non-hydrogen) atoms. The fraction of sp³-hybridized carbons (Fsp3) is 0.0213. The van der Waals surface area contributed by atoms with E-state index in [0.29, 0.717) is 0 Å². The molecule has 240 valence electrons. The van der Waals surface area contributed by atoms with E-state index in [9.17, 15) is 0 Å². The summed E-state index contributed by atoms with van der Waals surface area (Å²) in [6.45, 7) is 2.11. The van der Waals surface area contributed by atoms with Crippen molar-refractivity contribution in [3.8, 4) is 16.8 Å². The highest BCUT2D eigenvalue weighted by atomic mass is 16.3. The SMILES string of the molecule is Cc1cc2c3c(c1)-n1c4ccc5ccccc5c4c4cccc(c41)B3N(c1cccc3c1oc1ccccc13)c1ccc3c(oc4ccccc43)c1-2. The first-order chi connectivity index (χ1) is 25.7. The molecule has 0 N–H and O–H groups in total. The van der Waals surface area contributed by atoms with Crippen molar-refractivity contribution in [3.05, 3.63) is 151 Å². The maximum absolute atomic E-state index is 6.87. The summed E-state index contributed by atoms with van der Waals surface area (Å²) in [5.41, 5.74) is 15.6. The Morgan fingerprint density at radius 3 is 2.06 bits per heavy atom. The molecule has 0 saturated carbocycles. The van der Waals surface area contributed by atoms with Crippen LogP contribution in [0.5, 0.6) is 0 Å². The molecule has 2 aliphatic heterocycles. The third kappa shape index (κ3) is 3.17. The highest BCUT2D eigenvalue weighted by molar-refractivity contribution is 6.94. The summed E-state index contributed by atoms with van der Waals surface area (Å²) in [7, 11) is 0. The van der Waals surface area contributed by atoms with Crippen LogP contribution in [-0.4, -0.2) is 11.4 Å². The van der Waals surface area contributed by atoms with Gasteiger partial charge in [-0.2, -0.15) is 0 Å². The van der Waals surface area contributed by atoms with E-state index in [4.69, 9.17) is 8.83 Å². The minimum atomic E-state index is -0.120. The van der Waals surface area contributed by atoms with Gasteiger partial charge in [0, 0.05) is 49.3 Å². The van der Waals surface area contributed by atoms with E-state index in [1.165, 1.54) is 60.3 Å². The van der Waals surface area contributed by atoms with E-state index >= 15 is 0 Å². The maximum atomic E-state index is 6.87. The van der Waals surface area contributed by atoms with Crippen molar-refractivity contribution in [2.24, 2.45) is 0 Å². The average Bonchev–Trinajstić information content (AvgIpc) is 3.87. The molecule has 8 aromatic carbocycles. The lowest BCUT2D eigenvalue weighted by atomic mass is 9.44. The maximum Gasteiger partial charge on any atom is 0.333 e. The van der Waals surface area contributed by atoms with Crippen LogP contribution >= 0.6 is 0 Å². The zero-order valence-electron chi connectivity index (χ0n) is 28.1. The normalized spacial score (nSPS) is 13.4. The molecular weight excluding hydrogens is 635 g/mol. The van der Waals surface area contributed by atoms with E-state index in [-0.39, 0.29) is 6.85 Å². The second kappa shape index (κ2) is 9.33. The van der Waals surface area contributed by atoms with Crippen LogP contribution in [0.15, 0.2) is 154 Å². The van der Waals surface area contributed by atoms with Crippen molar-refractivity contribution in [3.63, 3.8) is 0 Å². The Hall–Kier alpha value is -6.72. The van der Waals surface area contributed by atoms with Crippen molar-refractivity contribution < 1.29 is 8.83 Å². The van der Waals surface area contributed by atoms with Gasteiger partial charge in [-0.1, -0.05) is 103 Å². The molecule has 2 aliphatic rings. The van der Waals surface area contributed by atoms with E-state index in [2.05, 4.69) is 156 Å². The molecule has 5 heterocycles. The van der Waals surface area contributed by atoms with Crippen LogP contribution in [0, 0.1) is 6.92 Å². The molecule has 0 bridgehead atoms. The lowest BCUT2D eigenvalue weighted by Crippen LogP contribution is -2.60. The van der Waals surface area contributed by atoms with Crippen LogP contribution in [-0.2, 0) is 0 Å². The zero-order chi connectivity index (χ0) is 33.8. The number of fused-ring (bicyclic) bond motifs is 16. The van der Waals surface area contributed by atoms with E-state index in [1.807, 2.05) is 6.07 Å². The zero-order valence-corrected chi connectivity index (χ0v) is 28.1. The Morgan fingerprint density at radius 1 is 0.519 bits per heavy atom. The minimum Gasteiger partial charge on any atom is -0.455 e. The second-order valence-corrected chi connectivity index (χ2v) is 14.5. The fourth-order valence-electron chi connectivity index (χ4n) is 9.78. The number of hydrogen-bond donors (Lipinski definition) is 0. The van der Waals surface area contributed by atoms with Gasteiger partial charge < -0.3 is 18.2 Å². The molecular formula is C47H27BN2O2. The average molecular weight is 663 g/mol. The quantitative estimate of drug-likeness (QED) is 0.164. The molecule has 4 nitrogen and oxygen atoms in total. The van der Waals surface area contributed by atoms with Gasteiger partial charge in [-0.3, -0.25) is 0 Å². The lowest BCUT2D eigenvalue weighted by molar-refractivity contribution is 0.668. The number of para-hydroxylation sites is 4. The number of hydrogen-bond acceptors (Lipinski definition) is 3. The predicted molar refractivity (Wildman–Crippen MR) is 217 cm³/mol. The summed E-state index contributed by atoms with van der Waals surface area (Å²) in [5.74, 6) is 0. The molecule has 0 radical (unpaired) electrons. The van der Waals surface area contributed by atoms with Gasteiger partial charge in [0.1, 0.15) is 16.7 Å². The monoisotopic (exact) mass is 662 g/mol. The number of aromatic nitrogens is 1. The fourth-order valence-corrected chi connectivity index (χ4v) is 9.78. The number of benzene rings is 8. The van der Waals surface area contributed by atoms with Gasteiger partial charge in [-0.25, -0.2) is 0 Å². The molecule has 0 atom stereocenters. The number of rotatable bonds is 1. The van der Waals surface area contributed by atoms with Crippen molar-refractivity contribution in [1.82, 2.24) is 4.57 Å². The molecule has 0 unspecified atom stereocenters. The molecule has 0 spiro atoms. The summed E-state index contributed by atoms with van der Waals surface area (Å²) in [6.07, 6.45) is 0. The predicted octanol–water partition coefficient (Wildman–Crippen LogP) is 11.3. The molecule has 3 aromatic heterocycles. The van der Waals surface area contributed by atoms with Gasteiger partial charge in [-0.15, -0.1) is 0 Å². The second-order valence-electron chi connectivity index (χ2n) is 14.5. The third-order valence-electron chi connectivity index (χ3n) is 11.8.